The molecule has 0 aliphatic carbocycles. The molecule has 1 N–H and O–H groups in total. The summed E-state index contributed by atoms with van der Waals surface area (Å²) < 4.78 is 6.98. The second-order valence-electron chi connectivity index (χ2n) is 3.66. The maximum absolute atomic E-state index is 11.3. The fourth-order valence-electron chi connectivity index (χ4n) is 1.66. The number of fused-ring (bicyclic) bond motifs is 1. The van der Waals surface area contributed by atoms with Gasteiger partial charge in [-0.25, -0.2) is 4.79 Å². The number of aromatic nitrogens is 2. The number of aromatic carboxylic acids is 1. The minimum atomic E-state index is -1.10. The van der Waals surface area contributed by atoms with Gasteiger partial charge in [-0.3, -0.25) is 4.40 Å². The minimum absolute atomic E-state index is 0.0174. The van der Waals surface area contributed by atoms with Crippen molar-refractivity contribution in [1.29, 1.82) is 0 Å². The van der Waals surface area contributed by atoms with Crippen LogP contribution in [0.2, 0.25) is 5.02 Å². The number of nitrogens with zero attached hydrogens (tertiary/aromatic N) is 2. The average Bonchev–Trinajstić information content (AvgIpc) is 2.91. The number of imidazole rings is 1. The van der Waals surface area contributed by atoms with Crippen LogP contribution in [0.15, 0.2) is 35.8 Å². The van der Waals surface area contributed by atoms with Crippen LogP contribution >= 0.6 is 22.9 Å². The molecule has 0 amide bonds. The van der Waals surface area contributed by atoms with Gasteiger partial charge in [0.1, 0.15) is 5.75 Å². The Kier molecular flexibility index (Phi) is 2.88. The topological polar surface area (TPSA) is 63.8 Å². The van der Waals surface area contributed by atoms with Crippen LogP contribution in [0, 0.1) is 0 Å². The highest BCUT2D eigenvalue weighted by Crippen LogP contribution is 2.31. The van der Waals surface area contributed by atoms with Crippen LogP contribution in [0.5, 0.6) is 11.6 Å². The number of thiazole rings is 1. The molecule has 3 rings (SSSR count). The summed E-state index contributed by atoms with van der Waals surface area (Å²) in [5, 5.41) is 11.4. The van der Waals surface area contributed by atoms with Gasteiger partial charge in [-0.2, -0.15) is 4.98 Å². The summed E-state index contributed by atoms with van der Waals surface area (Å²) >= 11 is 7.30. The minimum Gasteiger partial charge on any atom is -0.476 e. The standard InChI is InChI=1S/C12H7ClN2O3S/c13-7-3-1-2-4-8(7)18-10-9(11(16)17)15-5-6-19-12(15)14-10/h1-6H,(H,16,17). The zero-order valence-corrected chi connectivity index (χ0v) is 11.0. The van der Waals surface area contributed by atoms with Gasteiger partial charge >= 0.3 is 5.97 Å². The van der Waals surface area contributed by atoms with Crippen LogP contribution in [0.1, 0.15) is 10.5 Å². The number of carboxylic acid groups (broad SMARTS) is 1. The molecule has 0 aliphatic rings. The molecule has 0 fully saturated rings. The van der Waals surface area contributed by atoms with Gasteiger partial charge in [0.2, 0.25) is 0 Å². The number of hydrogen-bond donors (Lipinski definition) is 1. The zero-order chi connectivity index (χ0) is 13.4. The van der Waals surface area contributed by atoms with Crippen LogP contribution in [0.3, 0.4) is 0 Å². The van der Waals surface area contributed by atoms with Crippen molar-refractivity contribution in [2.45, 2.75) is 0 Å². The molecule has 0 aliphatic heterocycles. The monoisotopic (exact) mass is 294 g/mol. The van der Waals surface area contributed by atoms with Crippen molar-refractivity contribution in [3.63, 3.8) is 0 Å². The van der Waals surface area contributed by atoms with E-state index in [1.165, 1.54) is 15.7 Å². The molecule has 1 aromatic carbocycles. The summed E-state index contributed by atoms with van der Waals surface area (Å²) in [5.74, 6) is -0.696. The van der Waals surface area contributed by atoms with E-state index in [1.54, 1.807) is 35.8 Å². The van der Waals surface area contributed by atoms with E-state index in [0.717, 1.165) is 0 Å². The van der Waals surface area contributed by atoms with Gasteiger partial charge in [0, 0.05) is 11.6 Å². The molecule has 7 heteroatoms. The highest BCUT2D eigenvalue weighted by Gasteiger charge is 2.21. The Hall–Kier alpha value is -2.05. The van der Waals surface area contributed by atoms with E-state index < -0.39 is 5.97 Å². The molecule has 5 nitrogen and oxygen atoms in total. The molecule has 2 aromatic heterocycles. The smallest absolute Gasteiger partial charge is 0.358 e. The molecule has 0 unspecified atom stereocenters. The summed E-state index contributed by atoms with van der Waals surface area (Å²) in [7, 11) is 0. The molecule has 0 spiro atoms. The first kappa shape index (κ1) is 12.0. The summed E-state index contributed by atoms with van der Waals surface area (Å²) in [4.78, 5) is 16.0. The second-order valence-corrected chi connectivity index (χ2v) is 4.94. The van der Waals surface area contributed by atoms with Crippen LogP contribution in [0.4, 0.5) is 0 Å². The molecule has 96 valence electrons. The third-order valence-electron chi connectivity index (χ3n) is 2.48. The fourth-order valence-corrected chi connectivity index (χ4v) is 2.54. The Morgan fingerprint density at radius 3 is 2.95 bits per heavy atom. The molecule has 19 heavy (non-hydrogen) atoms. The van der Waals surface area contributed by atoms with Crippen LogP contribution in [0.25, 0.3) is 4.96 Å². The lowest BCUT2D eigenvalue weighted by molar-refractivity contribution is 0.0686. The predicted octanol–water partition coefficient (Wildman–Crippen LogP) is 3.54. The highest BCUT2D eigenvalue weighted by atomic mass is 35.5. The number of benzene rings is 1. The van der Waals surface area contributed by atoms with Gasteiger partial charge in [-0.1, -0.05) is 23.7 Å². The molecule has 2 heterocycles. The van der Waals surface area contributed by atoms with E-state index in [1.807, 2.05) is 0 Å². The van der Waals surface area contributed by atoms with Crippen molar-refractivity contribution < 1.29 is 14.6 Å². The van der Waals surface area contributed by atoms with Gasteiger partial charge in [0.25, 0.3) is 5.88 Å². The Labute approximate surface area is 116 Å². The number of carboxylic acids is 1. The lowest BCUT2D eigenvalue weighted by Crippen LogP contribution is -2.02. The number of hydrogen-bond acceptors (Lipinski definition) is 4. The molecule has 0 saturated heterocycles. The molecular weight excluding hydrogens is 288 g/mol. The van der Waals surface area contributed by atoms with Crippen molar-refractivity contribution in [3.05, 3.63) is 46.6 Å². The first-order chi connectivity index (χ1) is 9.16. The molecule has 3 aromatic rings. The van der Waals surface area contributed by atoms with E-state index >= 15 is 0 Å². The lowest BCUT2D eigenvalue weighted by Gasteiger charge is -2.05. The number of para-hydroxylation sites is 1. The number of halogens is 1. The maximum Gasteiger partial charge on any atom is 0.358 e. The predicted molar refractivity (Wildman–Crippen MR) is 71.6 cm³/mol. The Balaban J connectivity index is 2.10. The lowest BCUT2D eigenvalue weighted by atomic mass is 10.3. The highest BCUT2D eigenvalue weighted by molar-refractivity contribution is 7.15. The largest absolute Gasteiger partial charge is 0.476 e. The molecule has 0 radical (unpaired) electrons. The van der Waals surface area contributed by atoms with Gasteiger partial charge in [-0.15, -0.1) is 11.3 Å². The Bertz CT molecular complexity index is 765. The van der Waals surface area contributed by atoms with E-state index in [0.29, 0.717) is 15.7 Å². The molecular formula is C12H7ClN2O3S. The van der Waals surface area contributed by atoms with Crippen LogP contribution < -0.4 is 4.74 Å². The van der Waals surface area contributed by atoms with Gasteiger partial charge in [0.05, 0.1) is 5.02 Å². The van der Waals surface area contributed by atoms with Crippen molar-refractivity contribution in [2.24, 2.45) is 0 Å². The van der Waals surface area contributed by atoms with E-state index in [4.69, 9.17) is 16.3 Å². The second kappa shape index (κ2) is 4.56. The quantitative estimate of drug-likeness (QED) is 0.802. The SMILES string of the molecule is O=C(O)c1c(Oc2ccccc2Cl)nc2sccn12. The van der Waals surface area contributed by atoms with Crippen molar-refractivity contribution in [1.82, 2.24) is 9.38 Å². The van der Waals surface area contributed by atoms with E-state index in [9.17, 15) is 9.90 Å². The van der Waals surface area contributed by atoms with E-state index in [-0.39, 0.29) is 11.6 Å². The normalized spacial score (nSPS) is 10.8. The summed E-state index contributed by atoms with van der Waals surface area (Å²) in [5.41, 5.74) is -0.0174. The van der Waals surface area contributed by atoms with Crippen LogP contribution in [-0.4, -0.2) is 20.5 Å². The van der Waals surface area contributed by atoms with Crippen molar-refractivity contribution in [3.8, 4) is 11.6 Å². The molecule has 0 atom stereocenters. The summed E-state index contributed by atoms with van der Waals surface area (Å²) in [6.45, 7) is 0. The average molecular weight is 295 g/mol. The molecule has 0 saturated carbocycles. The van der Waals surface area contributed by atoms with Gasteiger partial charge in [0.15, 0.2) is 10.7 Å². The maximum atomic E-state index is 11.3. The van der Waals surface area contributed by atoms with Gasteiger partial charge < -0.3 is 9.84 Å². The summed E-state index contributed by atoms with van der Waals surface area (Å²) in [6.07, 6.45) is 1.63. The Morgan fingerprint density at radius 1 is 1.42 bits per heavy atom. The van der Waals surface area contributed by atoms with Crippen molar-refractivity contribution in [2.75, 3.05) is 0 Å². The van der Waals surface area contributed by atoms with Gasteiger partial charge in [-0.05, 0) is 12.1 Å². The van der Waals surface area contributed by atoms with Crippen LogP contribution in [-0.2, 0) is 0 Å². The number of rotatable bonds is 3. The zero-order valence-electron chi connectivity index (χ0n) is 9.41. The first-order valence-electron chi connectivity index (χ1n) is 5.28. The first-order valence-corrected chi connectivity index (χ1v) is 6.54. The van der Waals surface area contributed by atoms with E-state index in [2.05, 4.69) is 4.98 Å². The van der Waals surface area contributed by atoms with Crippen molar-refractivity contribution >= 4 is 33.9 Å². The molecule has 0 bridgehead atoms. The third kappa shape index (κ3) is 2.05. The fraction of sp³-hybridized carbons (Fsp3) is 0. The Morgan fingerprint density at radius 2 is 2.21 bits per heavy atom. The summed E-state index contributed by atoms with van der Waals surface area (Å²) in [6, 6.07) is 6.83. The number of carbonyl (C=O) groups is 1. The number of ether oxygens (including phenoxy) is 1. The third-order valence-corrected chi connectivity index (χ3v) is 3.54.